The summed E-state index contributed by atoms with van der Waals surface area (Å²) in [4.78, 5) is 41.8. The number of carboxylic acids is 1. The number of thioether (sulfide) groups is 2. The molecule has 2 aliphatic heterocycles. The molecular weight excluding hydrogens is 486 g/mol. The highest BCUT2D eigenvalue weighted by Gasteiger charge is 2.57. The summed E-state index contributed by atoms with van der Waals surface area (Å²) in [5.74, 6) is -0.820. The first-order valence-corrected chi connectivity index (χ1v) is 13.2. The molecular formula is C19H25N7O4S3. The second-order valence-electron chi connectivity index (χ2n) is 8.33. The number of aromatic nitrogens is 4. The zero-order valence-electron chi connectivity index (χ0n) is 18.2. The quantitative estimate of drug-likeness (QED) is 0.334. The number of nitrogens with one attached hydrogen (secondary N) is 1. The van der Waals surface area contributed by atoms with E-state index in [1.165, 1.54) is 34.9 Å². The van der Waals surface area contributed by atoms with E-state index in [9.17, 15) is 19.5 Å². The summed E-state index contributed by atoms with van der Waals surface area (Å²) in [5.41, 5.74) is -1.12. The van der Waals surface area contributed by atoms with Crippen LogP contribution < -0.4 is 5.32 Å². The third kappa shape index (κ3) is 5.18. The Morgan fingerprint density at radius 1 is 1.42 bits per heavy atom. The Hall–Kier alpha value is -2.16. The third-order valence-corrected chi connectivity index (χ3v) is 9.28. The zero-order valence-corrected chi connectivity index (χ0v) is 20.7. The lowest BCUT2D eigenvalue weighted by Crippen LogP contribution is -2.74. The molecule has 33 heavy (non-hydrogen) atoms. The molecule has 4 rings (SSSR count). The molecule has 178 valence electrons. The van der Waals surface area contributed by atoms with Gasteiger partial charge in [0.15, 0.2) is 0 Å². The Balaban J connectivity index is 1.36. The van der Waals surface area contributed by atoms with E-state index in [-0.39, 0.29) is 35.9 Å². The van der Waals surface area contributed by atoms with Crippen molar-refractivity contribution >= 4 is 52.6 Å². The molecule has 2 saturated heterocycles. The van der Waals surface area contributed by atoms with Gasteiger partial charge in [0.1, 0.15) is 16.8 Å². The molecule has 0 radical (unpaired) electrons. The van der Waals surface area contributed by atoms with Gasteiger partial charge in [-0.2, -0.15) is 0 Å². The summed E-state index contributed by atoms with van der Waals surface area (Å²) < 4.78 is 1.66. The topological polar surface area (TPSA) is 134 Å². The maximum atomic E-state index is 12.7. The fraction of sp³-hybridized carbons (Fsp3) is 0.579. The summed E-state index contributed by atoms with van der Waals surface area (Å²) in [6.45, 7) is 1.45. The maximum absolute atomic E-state index is 12.7. The van der Waals surface area contributed by atoms with Crippen molar-refractivity contribution in [3.63, 3.8) is 0 Å². The summed E-state index contributed by atoms with van der Waals surface area (Å²) in [6.07, 6.45) is 0.233. The lowest BCUT2D eigenvalue weighted by atomic mass is 9.89. The van der Waals surface area contributed by atoms with Crippen LogP contribution in [0.25, 0.3) is 0 Å². The number of carboxylic acid groups (broad SMARTS) is 1. The van der Waals surface area contributed by atoms with Gasteiger partial charge in [-0.3, -0.25) is 14.4 Å². The number of thiophene rings is 1. The highest BCUT2D eigenvalue weighted by molar-refractivity contribution is 8.00. The van der Waals surface area contributed by atoms with Gasteiger partial charge in [-0.25, -0.2) is 4.68 Å². The third-order valence-electron chi connectivity index (χ3n) is 5.57. The number of carbonyl (C=O) groups is 3. The first-order chi connectivity index (χ1) is 15.8. The van der Waals surface area contributed by atoms with Crippen molar-refractivity contribution < 1.29 is 19.5 Å². The van der Waals surface area contributed by atoms with Crippen LogP contribution in [0, 0.1) is 5.41 Å². The van der Waals surface area contributed by atoms with Crippen LogP contribution in [0.4, 0.5) is 0 Å². The van der Waals surface area contributed by atoms with Crippen molar-refractivity contribution in [1.29, 1.82) is 0 Å². The summed E-state index contributed by atoms with van der Waals surface area (Å²) in [6, 6.07) is 3.15. The molecule has 0 aliphatic carbocycles. The summed E-state index contributed by atoms with van der Waals surface area (Å²) in [7, 11) is 3.91. The molecule has 0 saturated carbocycles. The Bertz CT molecular complexity index is 1010. The van der Waals surface area contributed by atoms with Crippen LogP contribution in [-0.2, 0) is 27.3 Å². The predicted octanol–water partition coefficient (Wildman–Crippen LogP) is 0.102. The highest BCUT2D eigenvalue weighted by Crippen LogP contribution is 2.44. The maximum Gasteiger partial charge on any atom is 0.313 e. The van der Waals surface area contributed by atoms with Crippen molar-refractivity contribution in [2.24, 2.45) is 5.41 Å². The van der Waals surface area contributed by atoms with E-state index in [0.29, 0.717) is 17.5 Å². The van der Waals surface area contributed by atoms with Gasteiger partial charge >= 0.3 is 5.97 Å². The number of aliphatic carboxylic acids is 1. The molecule has 2 N–H and O–H groups in total. The molecule has 3 atom stereocenters. The van der Waals surface area contributed by atoms with Crippen LogP contribution in [0.5, 0.6) is 0 Å². The minimum atomic E-state index is -1.12. The summed E-state index contributed by atoms with van der Waals surface area (Å²) >= 11 is 4.18. The van der Waals surface area contributed by atoms with Crippen LogP contribution in [0.3, 0.4) is 0 Å². The van der Waals surface area contributed by atoms with E-state index in [4.69, 9.17) is 0 Å². The van der Waals surface area contributed by atoms with E-state index in [1.54, 1.807) is 9.58 Å². The second kappa shape index (κ2) is 9.99. The number of tetrazole rings is 1. The zero-order chi connectivity index (χ0) is 23.6. The van der Waals surface area contributed by atoms with Crippen LogP contribution in [0.15, 0.2) is 22.7 Å². The van der Waals surface area contributed by atoms with Crippen molar-refractivity contribution in [2.45, 2.75) is 29.5 Å². The fourth-order valence-electron chi connectivity index (χ4n) is 3.64. The van der Waals surface area contributed by atoms with Gasteiger partial charge in [0, 0.05) is 29.5 Å². The van der Waals surface area contributed by atoms with Crippen molar-refractivity contribution in [3.05, 3.63) is 22.4 Å². The smallest absolute Gasteiger partial charge is 0.313 e. The van der Waals surface area contributed by atoms with Gasteiger partial charge in [0.2, 0.25) is 17.0 Å². The number of nitrogens with zero attached hydrogens (tertiary/aromatic N) is 6. The van der Waals surface area contributed by atoms with Crippen LogP contribution in [0.2, 0.25) is 0 Å². The van der Waals surface area contributed by atoms with Crippen LogP contribution in [-0.4, -0.2) is 103 Å². The molecule has 2 aromatic rings. The van der Waals surface area contributed by atoms with Gasteiger partial charge in [-0.1, -0.05) is 17.8 Å². The molecule has 2 fully saturated rings. The van der Waals surface area contributed by atoms with E-state index in [0.717, 1.165) is 11.4 Å². The number of rotatable bonds is 10. The van der Waals surface area contributed by atoms with E-state index in [2.05, 4.69) is 20.8 Å². The molecule has 14 heteroatoms. The Labute approximate surface area is 203 Å². The fourth-order valence-corrected chi connectivity index (χ4v) is 7.11. The number of fused-ring (bicyclic) bond motifs is 1. The molecule has 11 nitrogen and oxygen atoms in total. The van der Waals surface area contributed by atoms with E-state index >= 15 is 0 Å². The van der Waals surface area contributed by atoms with Gasteiger partial charge in [0.05, 0.1) is 13.0 Å². The molecule has 4 heterocycles. The lowest BCUT2D eigenvalue weighted by molar-refractivity contribution is -0.157. The number of carbonyl (C=O) groups excluding carboxylic acids is 2. The predicted molar refractivity (Wildman–Crippen MR) is 125 cm³/mol. The normalized spacial score (nSPS) is 24.5. The Kier molecular flexibility index (Phi) is 7.26. The van der Waals surface area contributed by atoms with Crippen LogP contribution >= 0.6 is 34.9 Å². The van der Waals surface area contributed by atoms with Crippen molar-refractivity contribution in [3.8, 4) is 0 Å². The lowest BCUT2D eigenvalue weighted by Gasteiger charge is -2.53. The van der Waals surface area contributed by atoms with Crippen molar-refractivity contribution in [1.82, 2.24) is 35.3 Å². The molecule has 0 bridgehead atoms. The first kappa shape index (κ1) is 24.0. The standard InChI is InChI=1S/C19H25N7O4S3/c1-24(2)5-6-26-18(21-22-23-26)33-11-19(17(29)30)9-25-15(28)14(16(25)32-10-19)20-13(27)8-12-4-3-7-31-12/h3-4,7,14,16H,5-6,8-11H2,1-2H3,(H,20,27)(H,29,30)/t14?,16-,19?/m1/s1. The van der Waals surface area contributed by atoms with Gasteiger partial charge in [0.25, 0.3) is 0 Å². The molecule has 0 aromatic carbocycles. The van der Waals surface area contributed by atoms with E-state index in [1.807, 2.05) is 36.5 Å². The number of amides is 2. The Morgan fingerprint density at radius 2 is 2.24 bits per heavy atom. The second-order valence-corrected chi connectivity index (χ2v) is 11.4. The Morgan fingerprint density at radius 3 is 2.94 bits per heavy atom. The van der Waals surface area contributed by atoms with Gasteiger partial charge in [-0.05, 0) is 36.0 Å². The largest absolute Gasteiger partial charge is 0.481 e. The molecule has 2 aliphatic rings. The van der Waals surface area contributed by atoms with Crippen LogP contribution in [0.1, 0.15) is 4.88 Å². The SMILES string of the molecule is CN(C)CCn1nnnc1SCC1(C(=O)O)CS[C@@H]2C(NC(=O)Cc3cccs3)C(=O)N2C1. The first-order valence-electron chi connectivity index (χ1n) is 10.3. The van der Waals surface area contributed by atoms with E-state index < -0.39 is 17.4 Å². The number of hydrogen-bond donors (Lipinski definition) is 2. The number of β-lactam (4-membered cyclic amide) rings is 1. The number of hydrogen-bond acceptors (Lipinski definition) is 10. The average Bonchev–Trinajstić information content (AvgIpc) is 3.46. The van der Waals surface area contributed by atoms with Gasteiger partial charge < -0.3 is 20.2 Å². The molecule has 2 amide bonds. The molecule has 0 spiro atoms. The average molecular weight is 512 g/mol. The highest BCUT2D eigenvalue weighted by atomic mass is 32.2. The molecule has 2 unspecified atom stereocenters. The minimum Gasteiger partial charge on any atom is -0.481 e. The minimum absolute atomic E-state index is 0.0996. The monoisotopic (exact) mass is 511 g/mol. The van der Waals surface area contributed by atoms with Crippen molar-refractivity contribution in [2.75, 3.05) is 38.7 Å². The molecule has 2 aromatic heterocycles. The van der Waals surface area contributed by atoms with Gasteiger partial charge in [-0.15, -0.1) is 28.2 Å². The summed E-state index contributed by atoms with van der Waals surface area (Å²) in [5, 5.41) is 26.8. The number of likely N-dealkylation sites (N-methyl/N-ethyl adjacent to an activating group) is 1.